The van der Waals surface area contributed by atoms with E-state index in [0.717, 1.165) is 19.5 Å². The number of pyridine rings is 1. The van der Waals surface area contributed by atoms with Gasteiger partial charge in [-0.15, -0.1) is 0 Å². The Morgan fingerprint density at radius 2 is 1.95 bits per heavy atom. The van der Waals surface area contributed by atoms with Crippen LogP contribution in [0.4, 0.5) is 39.4 Å². The standard InChI is InChI=1S/C29H35F5N8O2/c1-6-15(2)44-26-19-24(22(31)23(38-26)17-11-18(35)21(30)16(3)20(17)29(32,33)34)39-27(40-25(19)37-8-7-36-4)42-12-28(13-42)14-43-10-9-41(28)5/h11,15H,4,6-10,12-14,35H2,1-3,5H3,(H,37,39,40). The van der Waals surface area contributed by atoms with Gasteiger partial charge in [0.05, 0.1) is 42.7 Å². The fraction of sp³-hybridized carbons (Fsp3) is 0.517. The summed E-state index contributed by atoms with van der Waals surface area (Å²) in [5, 5.41) is 3.16. The van der Waals surface area contributed by atoms with Crippen molar-refractivity contribution in [3.05, 3.63) is 28.8 Å². The van der Waals surface area contributed by atoms with Crippen molar-refractivity contribution in [3.8, 4) is 17.1 Å². The number of nitrogens with zero attached hydrogens (tertiary/aromatic N) is 6. The van der Waals surface area contributed by atoms with Crippen LogP contribution in [0.3, 0.4) is 0 Å². The van der Waals surface area contributed by atoms with E-state index in [0.29, 0.717) is 39.3 Å². The summed E-state index contributed by atoms with van der Waals surface area (Å²) in [5.74, 6) is -2.25. The van der Waals surface area contributed by atoms with Gasteiger partial charge in [0.25, 0.3) is 0 Å². The number of nitrogen functional groups attached to an aromatic ring is 1. The number of ether oxygens (including phenoxy) is 2. The highest BCUT2D eigenvalue weighted by Gasteiger charge is 2.49. The lowest BCUT2D eigenvalue weighted by molar-refractivity contribution is -0.137. The third-order valence-electron chi connectivity index (χ3n) is 8.26. The zero-order valence-electron chi connectivity index (χ0n) is 25.0. The van der Waals surface area contributed by atoms with Gasteiger partial charge in [-0.25, -0.2) is 18.7 Å². The quantitative estimate of drug-likeness (QED) is 0.152. The molecular weight excluding hydrogens is 587 g/mol. The number of hydrogen-bond donors (Lipinski definition) is 2. The summed E-state index contributed by atoms with van der Waals surface area (Å²) in [6.45, 7) is 11.4. The second-order valence-electron chi connectivity index (χ2n) is 11.3. The molecule has 0 saturated carbocycles. The van der Waals surface area contributed by atoms with E-state index in [9.17, 15) is 17.6 Å². The Hall–Kier alpha value is -3.85. The van der Waals surface area contributed by atoms with Crippen LogP contribution in [0.15, 0.2) is 11.1 Å². The van der Waals surface area contributed by atoms with Crippen molar-refractivity contribution in [1.82, 2.24) is 19.9 Å². The number of hydrogen-bond acceptors (Lipinski definition) is 10. The zero-order chi connectivity index (χ0) is 32.0. The number of anilines is 3. The molecule has 5 rings (SSSR count). The third kappa shape index (κ3) is 5.58. The van der Waals surface area contributed by atoms with Crippen LogP contribution in [-0.4, -0.2) is 91.2 Å². The first-order valence-corrected chi connectivity index (χ1v) is 14.3. The van der Waals surface area contributed by atoms with Gasteiger partial charge in [-0.2, -0.15) is 18.2 Å². The average Bonchev–Trinajstić information content (AvgIpc) is 2.95. The van der Waals surface area contributed by atoms with E-state index in [1.54, 1.807) is 6.92 Å². The van der Waals surface area contributed by atoms with E-state index >= 15 is 4.39 Å². The van der Waals surface area contributed by atoms with E-state index in [1.165, 1.54) is 0 Å². The Morgan fingerprint density at radius 3 is 2.59 bits per heavy atom. The molecule has 2 fully saturated rings. The van der Waals surface area contributed by atoms with Crippen molar-refractivity contribution in [2.45, 2.75) is 45.0 Å². The van der Waals surface area contributed by atoms with E-state index < -0.39 is 52.0 Å². The zero-order valence-corrected chi connectivity index (χ0v) is 25.0. The molecule has 238 valence electrons. The van der Waals surface area contributed by atoms with Crippen molar-refractivity contribution in [3.63, 3.8) is 0 Å². The molecule has 1 unspecified atom stereocenters. The monoisotopic (exact) mass is 622 g/mol. The first-order chi connectivity index (χ1) is 20.8. The Bertz CT molecular complexity index is 1580. The SMILES string of the molecule is C=NCCNc1nc(N2CC3(COCCN3C)C2)nc2c(F)c(-c3cc(N)c(F)c(C)c3C(F)(F)F)nc(OC(C)CC)c12. The number of nitrogens with two attached hydrogens (primary N) is 1. The number of fused-ring (bicyclic) bond motifs is 1. The molecule has 15 heteroatoms. The molecule has 2 saturated heterocycles. The minimum absolute atomic E-state index is 0.0491. The number of alkyl halides is 3. The third-order valence-corrected chi connectivity index (χ3v) is 8.26. The Labute approximate surface area is 251 Å². The molecule has 0 aliphatic carbocycles. The Kier molecular flexibility index (Phi) is 8.55. The molecule has 0 amide bonds. The van der Waals surface area contributed by atoms with Crippen molar-refractivity contribution < 1.29 is 31.4 Å². The number of halogens is 5. The summed E-state index contributed by atoms with van der Waals surface area (Å²) in [6, 6.07) is 0.741. The molecule has 0 bridgehead atoms. The number of nitrogens with one attached hydrogen (secondary N) is 1. The first kappa shape index (κ1) is 31.6. The number of aromatic nitrogens is 3. The highest BCUT2D eigenvalue weighted by atomic mass is 19.4. The predicted molar refractivity (Wildman–Crippen MR) is 159 cm³/mol. The van der Waals surface area contributed by atoms with Gasteiger partial charge < -0.3 is 25.4 Å². The lowest BCUT2D eigenvalue weighted by atomic mass is 9.88. The molecule has 1 atom stereocenters. The normalized spacial score (nSPS) is 17.5. The van der Waals surface area contributed by atoms with Gasteiger partial charge in [-0.3, -0.25) is 9.89 Å². The topological polar surface area (TPSA) is 114 Å². The fourth-order valence-electron chi connectivity index (χ4n) is 5.51. The molecule has 10 nitrogen and oxygen atoms in total. The highest BCUT2D eigenvalue weighted by molar-refractivity contribution is 5.97. The van der Waals surface area contributed by atoms with Crippen LogP contribution in [0.1, 0.15) is 31.4 Å². The minimum Gasteiger partial charge on any atom is -0.474 e. The summed E-state index contributed by atoms with van der Waals surface area (Å²) in [5.41, 5.74) is 0.973. The van der Waals surface area contributed by atoms with Gasteiger partial charge in [0.1, 0.15) is 28.2 Å². The van der Waals surface area contributed by atoms with Crippen molar-refractivity contribution >= 4 is 35.1 Å². The van der Waals surface area contributed by atoms with E-state index in [-0.39, 0.29) is 40.6 Å². The van der Waals surface area contributed by atoms with Crippen molar-refractivity contribution in [1.29, 1.82) is 0 Å². The molecule has 3 N–H and O–H groups in total. The number of likely N-dealkylation sites (N-methyl/N-ethyl adjacent to an activating group) is 1. The molecule has 1 aromatic carbocycles. The van der Waals surface area contributed by atoms with Crippen LogP contribution < -0.4 is 20.7 Å². The van der Waals surface area contributed by atoms with Gasteiger partial charge in [0.15, 0.2) is 5.82 Å². The molecule has 4 heterocycles. The average molecular weight is 623 g/mol. The van der Waals surface area contributed by atoms with Gasteiger partial charge in [0, 0.05) is 31.7 Å². The Morgan fingerprint density at radius 1 is 1.23 bits per heavy atom. The summed E-state index contributed by atoms with van der Waals surface area (Å²) < 4.78 is 85.9. The van der Waals surface area contributed by atoms with E-state index in [4.69, 9.17) is 15.2 Å². The maximum Gasteiger partial charge on any atom is 0.417 e. The van der Waals surface area contributed by atoms with Gasteiger partial charge in [0.2, 0.25) is 11.8 Å². The van der Waals surface area contributed by atoms with Crippen LogP contribution in [0, 0.1) is 18.6 Å². The smallest absolute Gasteiger partial charge is 0.417 e. The summed E-state index contributed by atoms with van der Waals surface area (Å²) in [7, 11) is 2.00. The van der Waals surface area contributed by atoms with E-state index in [1.807, 2.05) is 18.9 Å². The Balaban J connectivity index is 1.75. The predicted octanol–water partition coefficient (Wildman–Crippen LogP) is 4.69. The summed E-state index contributed by atoms with van der Waals surface area (Å²) in [6.07, 6.45) is -4.99. The summed E-state index contributed by atoms with van der Waals surface area (Å²) in [4.78, 5) is 21.3. The lowest BCUT2D eigenvalue weighted by Gasteiger charge is -2.56. The molecule has 2 aliphatic heterocycles. The van der Waals surface area contributed by atoms with Crippen LogP contribution in [0.25, 0.3) is 22.2 Å². The molecule has 44 heavy (non-hydrogen) atoms. The highest BCUT2D eigenvalue weighted by Crippen LogP contribution is 2.45. The van der Waals surface area contributed by atoms with Crippen LogP contribution in [0.5, 0.6) is 5.88 Å². The largest absolute Gasteiger partial charge is 0.474 e. The number of morpholine rings is 1. The number of benzene rings is 1. The van der Waals surface area contributed by atoms with Gasteiger partial charge in [-0.05, 0) is 45.7 Å². The van der Waals surface area contributed by atoms with Crippen LogP contribution in [0.2, 0.25) is 0 Å². The van der Waals surface area contributed by atoms with Crippen LogP contribution >= 0.6 is 0 Å². The first-order valence-electron chi connectivity index (χ1n) is 14.3. The molecule has 2 aromatic heterocycles. The van der Waals surface area contributed by atoms with Crippen molar-refractivity contribution in [2.75, 3.05) is 68.9 Å². The van der Waals surface area contributed by atoms with Crippen molar-refractivity contribution in [2.24, 2.45) is 4.99 Å². The molecule has 2 aliphatic rings. The van der Waals surface area contributed by atoms with Crippen LogP contribution in [-0.2, 0) is 10.9 Å². The van der Waals surface area contributed by atoms with Gasteiger partial charge in [-0.1, -0.05) is 6.92 Å². The maximum absolute atomic E-state index is 16.6. The minimum atomic E-state index is -5.05. The maximum atomic E-state index is 16.6. The second-order valence-corrected chi connectivity index (χ2v) is 11.3. The van der Waals surface area contributed by atoms with Gasteiger partial charge >= 0.3 is 6.18 Å². The molecular formula is C29H35F5N8O2. The molecule has 3 aromatic rings. The number of rotatable bonds is 9. The number of aliphatic imine (C=N–C) groups is 1. The molecule has 0 radical (unpaired) electrons. The second kappa shape index (κ2) is 11.9. The summed E-state index contributed by atoms with van der Waals surface area (Å²) >= 11 is 0. The molecule has 1 spiro atoms. The lowest BCUT2D eigenvalue weighted by Crippen LogP contribution is -2.74. The fourth-order valence-corrected chi connectivity index (χ4v) is 5.51. The van der Waals surface area contributed by atoms with E-state index in [2.05, 4.69) is 36.9 Å².